The Kier molecular flexibility index (Phi) is 6.06. The van der Waals surface area contributed by atoms with E-state index in [1.807, 2.05) is 0 Å². The lowest BCUT2D eigenvalue weighted by Gasteiger charge is -2.26. The van der Waals surface area contributed by atoms with Gasteiger partial charge in [-0.3, -0.25) is 0 Å². The number of hydrogen-bond acceptors (Lipinski definition) is 2. The highest BCUT2D eigenvalue weighted by Gasteiger charge is 2.23. The number of rotatable bonds is 6. The first-order chi connectivity index (χ1) is 5.18. The summed E-state index contributed by atoms with van der Waals surface area (Å²) in [6.07, 6.45) is 4.98. The second-order valence-corrected chi connectivity index (χ2v) is 4.69. The summed E-state index contributed by atoms with van der Waals surface area (Å²) >= 11 is 1.63. The van der Waals surface area contributed by atoms with Gasteiger partial charge in [-0.2, -0.15) is 0 Å². The zero-order valence-corrected chi connectivity index (χ0v) is 8.96. The first-order valence-corrected chi connectivity index (χ1v) is 5.14. The molecule has 0 atom stereocenters. The van der Waals surface area contributed by atoms with Crippen molar-refractivity contribution in [1.82, 2.24) is 0 Å². The van der Waals surface area contributed by atoms with Crippen molar-refractivity contribution in [3.05, 3.63) is 0 Å². The Bertz CT molecular complexity index is 76.5. The van der Waals surface area contributed by atoms with Gasteiger partial charge in [-0.15, -0.1) is 0 Å². The first kappa shape index (κ1) is 11.3. The SMILES string of the molecule is CCCC(C)(CCC)SOC. The molecule has 0 rings (SSSR count). The molecule has 0 unspecified atom stereocenters. The molecule has 0 aliphatic rings. The minimum atomic E-state index is 0.345. The van der Waals surface area contributed by atoms with E-state index in [1.165, 1.54) is 25.7 Å². The quantitative estimate of drug-likeness (QED) is 0.571. The fourth-order valence-electron chi connectivity index (χ4n) is 1.47. The van der Waals surface area contributed by atoms with Crippen LogP contribution >= 0.6 is 12.0 Å². The Labute approximate surface area is 75.1 Å². The van der Waals surface area contributed by atoms with Crippen LogP contribution in [0.15, 0.2) is 0 Å². The molecule has 0 spiro atoms. The summed E-state index contributed by atoms with van der Waals surface area (Å²) in [5, 5.41) is 0. The molecule has 0 aliphatic heterocycles. The van der Waals surface area contributed by atoms with Crippen LogP contribution in [0, 0.1) is 0 Å². The van der Waals surface area contributed by atoms with E-state index in [4.69, 9.17) is 4.18 Å². The lowest BCUT2D eigenvalue weighted by molar-refractivity contribution is 0.440. The topological polar surface area (TPSA) is 9.23 Å². The van der Waals surface area contributed by atoms with Gasteiger partial charge in [-0.1, -0.05) is 26.7 Å². The lowest BCUT2D eigenvalue weighted by Crippen LogP contribution is -2.19. The van der Waals surface area contributed by atoms with Crippen LogP contribution < -0.4 is 0 Å². The summed E-state index contributed by atoms with van der Waals surface area (Å²) in [5.74, 6) is 0. The summed E-state index contributed by atoms with van der Waals surface area (Å²) in [6.45, 7) is 6.74. The van der Waals surface area contributed by atoms with Crippen molar-refractivity contribution in [2.75, 3.05) is 7.11 Å². The molecule has 0 aliphatic carbocycles. The van der Waals surface area contributed by atoms with Gasteiger partial charge in [0.25, 0.3) is 0 Å². The molecule has 0 saturated heterocycles. The third-order valence-corrected chi connectivity index (χ3v) is 2.82. The Morgan fingerprint density at radius 3 is 1.91 bits per heavy atom. The van der Waals surface area contributed by atoms with Crippen LogP contribution in [0.25, 0.3) is 0 Å². The molecule has 1 nitrogen and oxygen atoms in total. The summed E-state index contributed by atoms with van der Waals surface area (Å²) in [6, 6.07) is 0. The van der Waals surface area contributed by atoms with Crippen molar-refractivity contribution >= 4 is 12.0 Å². The van der Waals surface area contributed by atoms with Crippen LogP contribution in [-0.2, 0) is 4.18 Å². The van der Waals surface area contributed by atoms with E-state index in [1.54, 1.807) is 19.2 Å². The van der Waals surface area contributed by atoms with Gasteiger partial charge in [-0.25, -0.2) is 0 Å². The Morgan fingerprint density at radius 1 is 1.18 bits per heavy atom. The zero-order valence-electron chi connectivity index (χ0n) is 8.14. The maximum Gasteiger partial charge on any atom is 0.0503 e. The largest absolute Gasteiger partial charge is 0.318 e. The molecule has 0 fully saturated rings. The highest BCUT2D eigenvalue weighted by atomic mass is 32.2. The molecule has 0 N–H and O–H groups in total. The third kappa shape index (κ3) is 4.70. The molecule has 0 aromatic heterocycles. The molecule has 11 heavy (non-hydrogen) atoms. The summed E-state index contributed by atoms with van der Waals surface area (Å²) in [4.78, 5) is 0. The average Bonchev–Trinajstić information content (AvgIpc) is 1.88. The van der Waals surface area contributed by atoms with Crippen molar-refractivity contribution in [1.29, 1.82) is 0 Å². The molecule has 0 bridgehead atoms. The molecule has 0 aromatic rings. The summed E-state index contributed by atoms with van der Waals surface area (Å²) in [5.41, 5.74) is 0. The zero-order chi connectivity index (χ0) is 8.74. The van der Waals surface area contributed by atoms with Gasteiger partial charge in [0, 0.05) is 4.75 Å². The van der Waals surface area contributed by atoms with Crippen LogP contribution in [-0.4, -0.2) is 11.9 Å². The minimum Gasteiger partial charge on any atom is -0.318 e. The second kappa shape index (κ2) is 5.90. The molecule has 0 amide bonds. The van der Waals surface area contributed by atoms with E-state index in [2.05, 4.69) is 20.8 Å². The summed E-state index contributed by atoms with van der Waals surface area (Å²) < 4.78 is 5.47. The van der Waals surface area contributed by atoms with Crippen LogP contribution in [0.1, 0.15) is 46.5 Å². The summed E-state index contributed by atoms with van der Waals surface area (Å²) in [7, 11) is 1.76. The van der Waals surface area contributed by atoms with Gasteiger partial charge in [0.05, 0.1) is 7.11 Å². The molecular formula is C9H20OS. The van der Waals surface area contributed by atoms with E-state index in [9.17, 15) is 0 Å². The first-order valence-electron chi connectivity index (χ1n) is 4.40. The van der Waals surface area contributed by atoms with Gasteiger partial charge in [0.1, 0.15) is 0 Å². The second-order valence-electron chi connectivity index (χ2n) is 3.20. The van der Waals surface area contributed by atoms with E-state index in [0.717, 1.165) is 0 Å². The van der Waals surface area contributed by atoms with Gasteiger partial charge in [-0.05, 0) is 31.8 Å². The lowest BCUT2D eigenvalue weighted by atomic mass is 10.00. The molecule has 0 radical (unpaired) electrons. The van der Waals surface area contributed by atoms with Gasteiger partial charge >= 0.3 is 0 Å². The average molecular weight is 176 g/mol. The van der Waals surface area contributed by atoms with E-state index >= 15 is 0 Å². The smallest absolute Gasteiger partial charge is 0.0503 e. The highest BCUT2D eigenvalue weighted by molar-refractivity contribution is 7.96. The maximum absolute atomic E-state index is 5.13. The van der Waals surface area contributed by atoms with Crippen LogP contribution in [0.3, 0.4) is 0 Å². The van der Waals surface area contributed by atoms with Crippen molar-refractivity contribution in [2.45, 2.75) is 51.2 Å². The maximum atomic E-state index is 5.13. The van der Waals surface area contributed by atoms with Gasteiger partial charge < -0.3 is 4.18 Å². The monoisotopic (exact) mass is 176 g/mol. The van der Waals surface area contributed by atoms with Gasteiger partial charge in [0.2, 0.25) is 0 Å². The fourth-order valence-corrected chi connectivity index (χ4v) is 2.44. The van der Waals surface area contributed by atoms with Crippen molar-refractivity contribution < 1.29 is 4.18 Å². The molecular weight excluding hydrogens is 156 g/mol. The van der Waals surface area contributed by atoms with Crippen molar-refractivity contribution in [3.8, 4) is 0 Å². The predicted octanol–water partition coefficient (Wildman–Crippen LogP) is 3.64. The highest BCUT2D eigenvalue weighted by Crippen LogP contribution is 2.34. The van der Waals surface area contributed by atoms with Crippen LogP contribution in [0.4, 0.5) is 0 Å². The molecule has 0 saturated carbocycles. The molecule has 68 valence electrons. The molecule has 2 heteroatoms. The normalized spacial score (nSPS) is 12.0. The molecule has 0 heterocycles. The third-order valence-electron chi connectivity index (χ3n) is 1.84. The molecule has 0 aromatic carbocycles. The van der Waals surface area contributed by atoms with Crippen LogP contribution in [0.2, 0.25) is 0 Å². The van der Waals surface area contributed by atoms with Crippen molar-refractivity contribution in [2.24, 2.45) is 0 Å². The van der Waals surface area contributed by atoms with Gasteiger partial charge in [0.15, 0.2) is 0 Å². The predicted molar refractivity (Wildman–Crippen MR) is 52.8 cm³/mol. The number of hydrogen-bond donors (Lipinski definition) is 0. The standard InChI is InChI=1S/C9H20OS/c1-5-7-9(3,8-6-2)11-10-4/h5-8H2,1-4H3. The minimum absolute atomic E-state index is 0.345. The Morgan fingerprint density at radius 2 is 1.64 bits per heavy atom. The van der Waals surface area contributed by atoms with Crippen LogP contribution in [0.5, 0.6) is 0 Å². The van der Waals surface area contributed by atoms with E-state index in [0.29, 0.717) is 4.75 Å². The Hall–Kier alpha value is 0.310. The van der Waals surface area contributed by atoms with E-state index in [-0.39, 0.29) is 0 Å². The fraction of sp³-hybridized carbons (Fsp3) is 1.00. The van der Waals surface area contributed by atoms with Crippen molar-refractivity contribution in [3.63, 3.8) is 0 Å². The Balaban J connectivity index is 3.79. The van der Waals surface area contributed by atoms with E-state index < -0.39 is 0 Å².